The van der Waals surface area contributed by atoms with E-state index >= 15 is 0 Å². The molecule has 6 nitrogen and oxygen atoms in total. The van der Waals surface area contributed by atoms with Crippen molar-refractivity contribution in [1.82, 2.24) is 4.90 Å². The first-order chi connectivity index (χ1) is 17.0. The fourth-order valence-electron chi connectivity index (χ4n) is 4.38. The maximum absolute atomic E-state index is 13.2. The molecule has 2 amide bonds. The van der Waals surface area contributed by atoms with Gasteiger partial charge >= 0.3 is 5.97 Å². The van der Waals surface area contributed by atoms with Crippen LogP contribution in [0, 0.1) is 11.7 Å². The topological polar surface area (TPSA) is 66.9 Å². The fourth-order valence-corrected chi connectivity index (χ4v) is 5.44. The molecule has 2 heterocycles. The summed E-state index contributed by atoms with van der Waals surface area (Å²) >= 11 is 1.60. The molecule has 0 bridgehead atoms. The van der Waals surface area contributed by atoms with Gasteiger partial charge in [0.1, 0.15) is 5.82 Å². The van der Waals surface area contributed by atoms with Gasteiger partial charge in [0.25, 0.3) is 11.8 Å². The second-order valence-corrected chi connectivity index (χ2v) is 9.53. The molecule has 35 heavy (non-hydrogen) atoms. The predicted octanol–water partition coefficient (Wildman–Crippen LogP) is 5.05. The van der Waals surface area contributed by atoms with Crippen LogP contribution in [0.5, 0.6) is 0 Å². The molecule has 0 radical (unpaired) electrons. The third-order valence-corrected chi connectivity index (χ3v) is 7.36. The third-order valence-electron chi connectivity index (χ3n) is 6.23. The number of nitrogens with zero attached hydrogens (tertiary/aromatic N) is 2. The predicted molar refractivity (Wildman–Crippen MR) is 130 cm³/mol. The number of halogens is 1. The number of para-hydroxylation sites is 2. The number of piperidine rings is 1. The van der Waals surface area contributed by atoms with Gasteiger partial charge in [0, 0.05) is 28.4 Å². The van der Waals surface area contributed by atoms with Gasteiger partial charge in [0.05, 0.1) is 17.3 Å². The van der Waals surface area contributed by atoms with Crippen LogP contribution in [0.25, 0.3) is 0 Å². The van der Waals surface area contributed by atoms with Crippen molar-refractivity contribution in [3.63, 3.8) is 0 Å². The monoisotopic (exact) mass is 490 g/mol. The lowest BCUT2D eigenvalue weighted by atomic mass is 9.96. The highest BCUT2D eigenvalue weighted by molar-refractivity contribution is 7.99. The minimum atomic E-state index is -0.430. The van der Waals surface area contributed by atoms with Crippen LogP contribution < -0.4 is 4.90 Å². The summed E-state index contributed by atoms with van der Waals surface area (Å²) in [6.45, 7) is 0.433. The quantitative estimate of drug-likeness (QED) is 0.479. The Labute approximate surface area is 206 Å². The minimum Gasteiger partial charge on any atom is -0.455 e. The van der Waals surface area contributed by atoms with Crippen LogP contribution in [0.1, 0.15) is 23.2 Å². The summed E-state index contributed by atoms with van der Waals surface area (Å²) in [6, 6.07) is 20.7. The van der Waals surface area contributed by atoms with E-state index < -0.39 is 11.8 Å². The first kappa shape index (κ1) is 23.1. The van der Waals surface area contributed by atoms with Crippen LogP contribution in [0.3, 0.4) is 0 Å². The number of hydrogen-bond acceptors (Lipinski definition) is 5. The summed E-state index contributed by atoms with van der Waals surface area (Å²) in [5.41, 5.74) is 1.95. The zero-order chi connectivity index (χ0) is 24.4. The molecule has 0 atom stereocenters. The van der Waals surface area contributed by atoms with Crippen molar-refractivity contribution in [2.45, 2.75) is 22.6 Å². The Balaban J connectivity index is 1.19. The van der Waals surface area contributed by atoms with Gasteiger partial charge in [-0.3, -0.25) is 19.3 Å². The van der Waals surface area contributed by atoms with Crippen molar-refractivity contribution in [3.8, 4) is 0 Å². The highest BCUT2D eigenvalue weighted by atomic mass is 32.2. The Morgan fingerprint density at radius 3 is 2.03 bits per heavy atom. The van der Waals surface area contributed by atoms with E-state index in [0.717, 1.165) is 21.2 Å². The molecule has 1 fully saturated rings. The van der Waals surface area contributed by atoms with Crippen molar-refractivity contribution in [2.75, 3.05) is 24.6 Å². The second kappa shape index (κ2) is 9.92. The average molecular weight is 491 g/mol. The van der Waals surface area contributed by atoms with Crippen LogP contribution in [0.15, 0.2) is 82.6 Å². The van der Waals surface area contributed by atoms with Gasteiger partial charge in [-0.25, -0.2) is 4.39 Å². The molecule has 8 heteroatoms. The largest absolute Gasteiger partial charge is 0.455 e. The summed E-state index contributed by atoms with van der Waals surface area (Å²) in [5, 5.41) is 0. The number of hydrogen-bond donors (Lipinski definition) is 0. The van der Waals surface area contributed by atoms with Crippen LogP contribution >= 0.6 is 11.8 Å². The van der Waals surface area contributed by atoms with Crippen molar-refractivity contribution in [3.05, 3.63) is 84.2 Å². The first-order valence-corrected chi connectivity index (χ1v) is 12.2. The molecule has 0 spiro atoms. The normalized spacial score (nSPS) is 15.2. The van der Waals surface area contributed by atoms with Gasteiger partial charge < -0.3 is 9.64 Å². The van der Waals surface area contributed by atoms with Gasteiger partial charge in [-0.05, 0) is 61.4 Å². The number of fused-ring (bicyclic) bond motifs is 2. The zero-order valence-corrected chi connectivity index (χ0v) is 19.7. The summed E-state index contributed by atoms with van der Waals surface area (Å²) < 4.78 is 18.6. The van der Waals surface area contributed by atoms with Crippen molar-refractivity contribution < 1.29 is 23.5 Å². The maximum atomic E-state index is 13.2. The van der Waals surface area contributed by atoms with Gasteiger partial charge in [-0.1, -0.05) is 36.0 Å². The van der Waals surface area contributed by atoms with E-state index in [4.69, 9.17) is 4.74 Å². The molecule has 2 aliphatic rings. The molecule has 0 N–H and O–H groups in total. The summed E-state index contributed by atoms with van der Waals surface area (Å²) in [6.07, 6.45) is 0.901. The highest BCUT2D eigenvalue weighted by Gasteiger charge is 2.31. The molecule has 0 saturated carbocycles. The standard InChI is InChI=1S/C27H23FN2O4S/c28-20-11-9-18(10-12-20)26(32)29-15-13-19(14-16-29)27(33)34-17-25(31)30-21-5-1-3-7-23(21)35-24-8-4-2-6-22(24)30/h1-12,19H,13-17H2. The van der Waals surface area contributed by atoms with E-state index in [2.05, 4.69) is 0 Å². The van der Waals surface area contributed by atoms with E-state index in [1.54, 1.807) is 21.6 Å². The Morgan fingerprint density at radius 2 is 1.43 bits per heavy atom. The lowest BCUT2D eigenvalue weighted by Gasteiger charge is -2.32. The van der Waals surface area contributed by atoms with E-state index in [-0.39, 0.29) is 24.3 Å². The summed E-state index contributed by atoms with van der Waals surface area (Å²) in [7, 11) is 0. The third kappa shape index (κ3) is 4.79. The molecule has 178 valence electrons. The van der Waals surface area contributed by atoms with Gasteiger partial charge in [0.2, 0.25) is 0 Å². The van der Waals surface area contributed by atoms with Crippen LogP contribution in [0.2, 0.25) is 0 Å². The number of anilines is 2. The molecule has 2 aliphatic heterocycles. The van der Waals surface area contributed by atoms with E-state index in [9.17, 15) is 18.8 Å². The molecule has 0 aliphatic carbocycles. The maximum Gasteiger partial charge on any atom is 0.309 e. The van der Waals surface area contributed by atoms with E-state index in [1.807, 2.05) is 48.5 Å². The SMILES string of the molecule is O=C(OCC(=O)N1c2ccccc2Sc2ccccc21)C1CCN(C(=O)c2ccc(F)cc2)CC1. The molecule has 0 unspecified atom stereocenters. The molecule has 0 aromatic heterocycles. The first-order valence-electron chi connectivity index (χ1n) is 11.4. The van der Waals surface area contributed by atoms with Gasteiger partial charge in [-0.2, -0.15) is 0 Å². The summed E-state index contributed by atoms with van der Waals surface area (Å²) in [5.74, 6) is -1.71. The number of ether oxygens (including phenoxy) is 1. The van der Waals surface area contributed by atoms with E-state index in [0.29, 0.717) is 31.5 Å². The van der Waals surface area contributed by atoms with Crippen LogP contribution in [-0.4, -0.2) is 42.4 Å². The molecule has 3 aromatic carbocycles. The average Bonchev–Trinajstić information content (AvgIpc) is 2.90. The second-order valence-electron chi connectivity index (χ2n) is 8.45. The number of rotatable bonds is 4. The van der Waals surface area contributed by atoms with Crippen molar-refractivity contribution in [2.24, 2.45) is 5.92 Å². The minimum absolute atomic E-state index is 0.188. The van der Waals surface area contributed by atoms with E-state index in [1.165, 1.54) is 24.3 Å². The van der Waals surface area contributed by atoms with Gasteiger partial charge in [-0.15, -0.1) is 0 Å². The lowest BCUT2D eigenvalue weighted by molar-refractivity contribution is -0.153. The van der Waals surface area contributed by atoms with Crippen LogP contribution in [-0.2, 0) is 14.3 Å². The smallest absolute Gasteiger partial charge is 0.309 e. The Kier molecular flexibility index (Phi) is 6.55. The lowest BCUT2D eigenvalue weighted by Crippen LogP contribution is -2.41. The molecule has 1 saturated heterocycles. The highest BCUT2D eigenvalue weighted by Crippen LogP contribution is 2.47. The molecular formula is C27H23FN2O4S. The number of benzene rings is 3. The van der Waals surface area contributed by atoms with Crippen molar-refractivity contribution in [1.29, 1.82) is 0 Å². The van der Waals surface area contributed by atoms with Gasteiger partial charge in [0.15, 0.2) is 6.61 Å². The number of amides is 2. The Morgan fingerprint density at radius 1 is 0.857 bits per heavy atom. The molecular weight excluding hydrogens is 467 g/mol. The number of esters is 1. The number of likely N-dealkylation sites (tertiary alicyclic amines) is 1. The zero-order valence-electron chi connectivity index (χ0n) is 18.9. The number of carbonyl (C=O) groups is 3. The summed E-state index contributed by atoms with van der Waals surface area (Å²) in [4.78, 5) is 43.7. The Bertz CT molecular complexity index is 1230. The molecule has 3 aromatic rings. The Hall–Kier alpha value is -3.65. The fraction of sp³-hybridized carbons (Fsp3) is 0.222. The number of carbonyl (C=O) groups excluding carboxylic acids is 3. The van der Waals surface area contributed by atoms with Crippen molar-refractivity contribution >= 4 is 40.9 Å². The van der Waals surface area contributed by atoms with Crippen LogP contribution in [0.4, 0.5) is 15.8 Å². The molecule has 5 rings (SSSR count).